The fourth-order valence-electron chi connectivity index (χ4n) is 7.77. The van der Waals surface area contributed by atoms with Gasteiger partial charge in [-0.25, -0.2) is 15.0 Å². The first-order chi connectivity index (χ1) is 27.7. The predicted molar refractivity (Wildman–Crippen MR) is 227 cm³/mol. The fraction of sp³-hybridized carbons (Fsp3) is 0. The maximum absolute atomic E-state index is 6.46. The van der Waals surface area contributed by atoms with Gasteiger partial charge in [-0.15, -0.1) is 0 Å². The highest BCUT2D eigenvalue weighted by atomic mass is 16.3. The summed E-state index contributed by atoms with van der Waals surface area (Å²) in [4.78, 5) is 15.3. The average Bonchev–Trinajstić information content (AvgIpc) is 3.84. The number of nitrogens with zero attached hydrogens (tertiary/aromatic N) is 3. The summed E-state index contributed by atoms with van der Waals surface area (Å²) in [6.45, 7) is 0. The van der Waals surface area contributed by atoms with Gasteiger partial charge in [0.25, 0.3) is 0 Å². The Bertz CT molecular complexity index is 3240. The highest BCUT2D eigenvalue weighted by Gasteiger charge is 2.19. The lowest BCUT2D eigenvalue weighted by Crippen LogP contribution is -2.00. The molecule has 0 saturated heterocycles. The van der Waals surface area contributed by atoms with Crippen LogP contribution in [0.15, 0.2) is 197 Å². The van der Waals surface area contributed by atoms with E-state index < -0.39 is 0 Å². The van der Waals surface area contributed by atoms with Crippen LogP contribution in [0.2, 0.25) is 0 Å². The normalized spacial score (nSPS) is 11.6. The van der Waals surface area contributed by atoms with Gasteiger partial charge in [0.1, 0.15) is 22.3 Å². The maximum atomic E-state index is 6.46. The minimum Gasteiger partial charge on any atom is -0.456 e. The van der Waals surface area contributed by atoms with Gasteiger partial charge in [0, 0.05) is 38.2 Å². The average molecular weight is 718 g/mol. The van der Waals surface area contributed by atoms with Crippen molar-refractivity contribution >= 4 is 43.9 Å². The van der Waals surface area contributed by atoms with Crippen molar-refractivity contribution in [2.24, 2.45) is 0 Å². The standard InChI is InChI=1S/C51H31N3O2/c1-4-12-32(13-5-1)35-18-10-19-36(28-35)38-24-27-45-43(30-38)48-41(20-11-21-46(48)55-45)51-53-49(34-16-8-3-9-17-34)52-50(54-51)39-22-25-40-42-29-37(33-14-6-2-7-15-33)23-26-44(42)56-47(40)31-39/h1-31H. The molecular weight excluding hydrogens is 687 g/mol. The first-order valence-corrected chi connectivity index (χ1v) is 18.7. The zero-order chi connectivity index (χ0) is 37.0. The van der Waals surface area contributed by atoms with Crippen molar-refractivity contribution in [2.75, 3.05) is 0 Å². The molecule has 0 aliphatic carbocycles. The van der Waals surface area contributed by atoms with Crippen LogP contribution in [0.25, 0.3) is 111 Å². The predicted octanol–water partition coefficient (Wildman–Crippen LogP) is 13.7. The molecule has 5 heteroatoms. The zero-order valence-corrected chi connectivity index (χ0v) is 30.1. The van der Waals surface area contributed by atoms with Crippen LogP contribution >= 0.6 is 0 Å². The third-order valence-corrected chi connectivity index (χ3v) is 10.5. The van der Waals surface area contributed by atoms with E-state index in [0.717, 1.165) is 77.3 Å². The van der Waals surface area contributed by atoms with Crippen LogP contribution in [0, 0.1) is 0 Å². The number of aromatic nitrogens is 3. The SMILES string of the molecule is c1ccc(-c2cccc(-c3ccc4oc5cccc(-c6nc(-c7ccccc7)nc(-c7ccc8c(c7)oc7ccc(-c9ccccc9)cc78)n6)c5c4c3)c2)cc1. The van der Waals surface area contributed by atoms with Crippen LogP contribution in [0.4, 0.5) is 0 Å². The summed E-state index contributed by atoms with van der Waals surface area (Å²) >= 11 is 0. The van der Waals surface area contributed by atoms with E-state index in [0.29, 0.717) is 17.5 Å². The topological polar surface area (TPSA) is 65.0 Å². The molecule has 0 atom stereocenters. The molecule has 0 amide bonds. The lowest BCUT2D eigenvalue weighted by molar-refractivity contribution is 0.668. The van der Waals surface area contributed by atoms with E-state index in [1.54, 1.807) is 0 Å². The lowest BCUT2D eigenvalue weighted by atomic mass is 9.97. The summed E-state index contributed by atoms with van der Waals surface area (Å²) in [5.41, 5.74) is 12.7. The van der Waals surface area contributed by atoms with Gasteiger partial charge in [0.2, 0.25) is 0 Å². The lowest BCUT2D eigenvalue weighted by Gasteiger charge is -2.09. The number of rotatable bonds is 6. The van der Waals surface area contributed by atoms with Gasteiger partial charge in [-0.05, 0) is 81.9 Å². The third kappa shape index (κ3) is 5.53. The van der Waals surface area contributed by atoms with E-state index >= 15 is 0 Å². The molecule has 11 aromatic rings. The van der Waals surface area contributed by atoms with Crippen molar-refractivity contribution in [1.29, 1.82) is 0 Å². The molecule has 5 nitrogen and oxygen atoms in total. The monoisotopic (exact) mass is 717 g/mol. The zero-order valence-electron chi connectivity index (χ0n) is 30.1. The molecule has 0 aliphatic rings. The number of hydrogen-bond donors (Lipinski definition) is 0. The molecular formula is C51H31N3O2. The van der Waals surface area contributed by atoms with Gasteiger partial charge >= 0.3 is 0 Å². The van der Waals surface area contributed by atoms with Crippen molar-refractivity contribution in [3.63, 3.8) is 0 Å². The van der Waals surface area contributed by atoms with Crippen LogP contribution in [0.1, 0.15) is 0 Å². The van der Waals surface area contributed by atoms with Crippen molar-refractivity contribution < 1.29 is 8.83 Å². The summed E-state index contributed by atoms with van der Waals surface area (Å²) < 4.78 is 12.9. The Balaban J connectivity index is 1.06. The molecule has 3 heterocycles. The number of hydrogen-bond acceptors (Lipinski definition) is 5. The maximum Gasteiger partial charge on any atom is 0.164 e. The summed E-state index contributed by atoms with van der Waals surface area (Å²) in [5.74, 6) is 1.71. The molecule has 0 aliphatic heterocycles. The quantitative estimate of drug-likeness (QED) is 0.171. The van der Waals surface area contributed by atoms with E-state index in [-0.39, 0.29) is 0 Å². The smallest absolute Gasteiger partial charge is 0.164 e. The molecule has 262 valence electrons. The second-order valence-electron chi connectivity index (χ2n) is 14.0. The molecule has 0 unspecified atom stereocenters. The molecule has 3 aromatic heterocycles. The van der Waals surface area contributed by atoms with E-state index in [1.807, 2.05) is 66.7 Å². The van der Waals surface area contributed by atoms with E-state index in [2.05, 4.69) is 121 Å². The van der Waals surface area contributed by atoms with Crippen molar-refractivity contribution in [3.8, 4) is 67.5 Å². The minimum absolute atomic E-state index is 0.560. The Morgan fingerprint density at radius 2 is 0.768 bits per heavy atom. The highest BCUT2D eigenvalue weighted by molar-refractivity contribution is 6.13. The van der Waals surface area contributed by atoms with Crippen LogP contribution in [-0.4, -0.2) is 15.0 Å². The van der Waals surface area contributed by atoms with Crippen LogP contribution in [0.5, 0.6) is 0 Å². The van der Waals surface area contributed by atoms with Crippen LogP contribution < -0.4 is 0 Å². The van der Waals surface area contributed by atoms with Gasteiger partial charge < -0.3 is 8.83 Å². The first kappa shape index (κ1) is 31.9. The van der Waals surface area contributed by atoms with Crippen LogP contribution in [-0.2, 0) is 0 Å². The Morgan fingerprint density at radius 1 is 0.268 bits per heavy atom. The molecule has 56 heavy (non-hydrogen) atoms. The summed E-state index contributed by atoms with van der Waals surface area (Å²) in [6.07, 6.45) is 0. The van der Waals surface area contributed by atoms with Crippen molar-refractivity contribution in [3.05, 3.63) is 188 Å². The van der Waals surface area contributed by atoms with E-state index in [1.165, 1.54) is 16.7 Å². The Labute approximate surface area is 322 Å². The fourth-order valence-corrected chi connectivity index (χ4v) is 7.77. The molecule has 0 saturated carbocycles. The second-order valence-corrected chi connectivity index (χ2v) is 14.0. The van der Waals surface area contributed by atoms with Crippen molar-refractivity contribution in [2.45, 2.75) is 0 Å². The molecule has 0 radical (unpaired) electrons. The van der Waals surface area contributed by atoms with Crippen molar-refractivity contribution in [1.82, 2.24) is 15.0 Å². The van der Waals surface area contributed by atoms with Gasteiger partial charge in [-0.1, -0.05) is 140 Å². The molecule has 11 rings (SSSR count). The summed E-state index contributed by atoms with van der Waals surface area (Å²) in [7, 11) is 0. The van der Waals surface area contributed by atoms with Gasteiger partial charge in [-0.3, -0.25) is 0 Å². The molecule has 8 aromatic carbocycles. The van der Waals surface area contributed by atoms with Gasteiger partial charge in [-0.2, -0.15) is 0 Å². The van der Waals surface area contributed by atoms with E-state index in [4.69, 9.17) is 23.8 Å². The largest absolute Gasteiger partial charge is 0.456 e. The Kier molecular flexibility index (Phi) is 7.42. The Morgan fingerprint density at radius 3 is 1.48 bits per heavy atom. The van der Waals surface area contributed by atoms with Gasteiger partial charge in [0.15, 0.2) is 17.5 Å². The molecule has 0 bridgehead atoms. The number of fused-ring (bicyclic) bond motifs is 6. The molecule has 0 N–H and O–H groups in total. The van der Waals surface area contributed by atoms with Crippen LogP contribution in [0.3, 0.4) is 0 Å². The highest BCUT2D eigenvalue weighted by Crippen LogP contribution is 2.40. The summed E-state index contributed by atoms with van der Waals surface area (Å²) in [6, 6.07) is 64.6. The molecule has 0 spiro atoms. The minimum atomic E-state index is 0.560. The second kappa shape index (κ2) is 13.0. The Hall–Kier alpha value is -7.63. The molecule has 0 fully saturated rings. The first-order valence-electron chi connectivity index (χ1n) is 18.7. The van der Waals surface area contributed by atoms with Gasteiger partial charge in [0.05, 0.1) is 0 Å². The summed E-state index contributed by atoms with van der Waals surface area (Å²) in [5, 5.41) is 4.07. The van der Waals surface area contributed by atoms with E-state index in [9.17, 15) is 0 Å². The number of furan rings is 2. The number of benzene rings is 8. The third-order valence-electron chi connectivity index (χ3n) is 10.5.